The average Bonchev–Trinajstić information content (AvgIpc) is 2.63. The van der Waals surface area contributed by atoms with E-state index in [1.165, 1.54) is 18.4 Å². The third-order valence-electron chi connectivity index (χ3n) is 3.85. The number of halogens is 3. The van der Waals surface area contributed by atoms with Crippen LogP contribution in [0.1, 0.15) is 49.3 Å². The van der Waals surface area contributed by atoms with Crippen LogP contribution in [0.15, 0.2) is 48.5 Å². The molecule has 0 aliphatic heterocycles. The van der Waals surface area contributed by atoms with Crippen LogP contribution in [0, 0.1) is 11.8 Å². The van der Waals surface area contributed by atoms with Crippen LogP contribution in [0.5, 0.6) is 5.75 Å². The first-order chi connectivity index (χ1) is 12.5. The number of rotatable bonds is 7. The largest absolute Gasteiger partial charge is 0.494 e. The zero-order chi connectivity index (χ0) is 18.8. The lowest BCUT2D eigenvalue weighted by molar-refractivity contribution is -0.136. The summed E-state index contributed by atoms with van der Waals surface area (Å²) in [6.45, 7) is 2.23. The lowest BCUT2D eigenvalue weighted by Crippen LogP contribution is -2.09. The van der Waals surface area contributed by atoms with E-state index in [2.05, 4.69) is 30.9 Å². The quantitative estimate of drug-likeness (QED) is 0.425. The van der Waals surface area contributed by atoms with E-state index in [0.717, 1.165) is 17.5 Å². The Labute approximate surface area is 153 Å². The Balaban J connectivity index is 1.84. The van der Waals surface area contributed by atoms with Gasteiger partial charge in [0.1, 0.15) is 5.75 Å². The van der Waals surface area contributed by atoms with E-state index >= 15 is 0 Å². The van der Waals surface area contributed by atoms with Crippen LogP contribution in [0.2, 0.25) is 0 Å². The number of ether oxygens (including phenoxy) is 1. The van der Waals surface area contributed by atoms with E-state index < -0.39 is 12.6 Å². The van der Waals surface area contributed by atoms with E-state index in [-0.39, 0.29) is 13.0 Å². The van der Waals surface area contributed by atoms with Gasteiger partial charge >= 0.3 is 6.18 Å². The maximum Gasteiger partial charge on any atom is 0.389 e. The number of unbranched alkanes of at least 4 members (excludes halogenated alkanes) is 1. The van der Waals surface area contributed by atoms with Gasteiger partial charge in [0, 0.05) is 17.5 Å². The van der Waals surface area contributed by atoms with E-state index in [0.29, 0.717) is 5.75 Å². The number of benzene rings is 2. The number of hydrogen-bond donors (Lipinski definition) is 0. The van der Waals surface area contributed by atoms with Crippen LogP contribution in [-0.2, 0) is 6.42 Å². The topological polar surface area (TPSA) is 9.23 Å². The first-order valence-electron chi connectivity index (χ1n) is 8.87. The van der Waals surface area contributed by atoms with Crippen LogP contribution in [0.4, 0.5) is 13.2 Å². The molecule has 0 aliphatic carbocycles. The van der Waals surface area contributed by atoms with Crippen molar-refractivity contribution in [2.75, 3.05) is 6.61 Å². The monoisotopic (exact) mass is 360 g/mol. The summed E-state index contributed by atoms with van der Waals surface area (Å²) in [5.74, 6) is 6.75. The molecule has 0 bridgehead atoms. The number of aryl methyl sites for hydroxylation is 1. The van der Waals surface area contributed by atoms with E-state index in [9.17, 15) is 13.2 Å². The van der Waals surface area contributed by atoms with Crippen molar-refractivity contribution in [3.63, 3.8) is 0 Å². The van der Waals surface area contributed by atoms with Gasteiger partial charge in [0.15, 0.2) is 0 Å². The second-order valence-electron chi connectivity index (χ2n) is 6.14. The van der Waals surface area contributed by atoms with Crippen molar-refractivity contribution in [2.24, 2.45) is 0 Å². The SMILES string of the molecule is CCCCc1ccc(C#Cc2ccc(OCCCC(F)(F)F)cc2)cc1. The fourth-order valence-electron chi connectivity index (χ4n) is 2.38. The Hall–Kier alpha value is -2.41. The van der Waals surface area contributed by atoms with Gasteiger partial charge in [0.05, 0.1) is 6.61 Å². The molecule has 0 radical (unpaired) electrons. The predicted octanol–water partition coefficient (Wildman–Crippen LogP) is 6.15. The highest BCUT2D eigenvalue weighted by molar-refractivity contribution is 5.44. The van der Waals surface area contributed by atoms with E-state index in [4.69, 9.17) is 4.74 Å². The van der Waals surface area contributed by atoms with Gasteiger partial charge in [-0.15, -0.1) is 0 Å². The molecule has 0 atom stereocenters. The fraction of sp³-hybridized carbons (Fsp3) is 0.364. The van der Waals surface area contributed by atoms with Gasteiger partial charge in [-0.05, 0) is 61.2 Å². The summed E-state index contributed by atoms with van der Waals surface area (Å²) in [6, 6.07) is 15.3. The normalized spacial score (nSPS) is 10.9. The van der Waals surface area contributed by atoms with Gasteiger partial charge in [0.2, 0.25) is 0 Å². The first kappa shape index (κ1) is 19.9. The Morgan fingerprint density at radius 1 is 0.846 bits per heavy atom. The van der Waals surface area contributed by atoms with Gasteiger partial charge in [-0.25, -0.2) is 0 Å². The molecule has 138 valence electrons. The third kappa shape index (κ3) is 7.65. The van der Waals surface area contributed by atoms with Crippen molar-refractivity contribution in [3.05, 3.63) is 65.2 Å². The molecule has 4 heteroatoms. The molecular formula is C22H23F3O. The first-order valence-corrected chi connectivity index (χ1v) is 8.87. The van der Waals surface area contributed by atoms with Crippen molar-refractivity contribution < 1.29 is 17.9 Å². The summed E-state index contributed by atoms with van der Waals surface area (Å²) in [5, 5.41) is 0. The molecule has 2 rings (SSSR count). The molecule has 0 heterocycles. The molecule has 0 spiro atoms. The standard InChI is InChI=1S/C22H23F3O/c1-2-3-5-18-6-8-19(9-7-18)10-11-20-12-14-21(15-13-20)26-17-4-16-22(23,24)25/h6-9,12-15H,2-5,16-17H2,1H3. The van der Waals surface area contributed by atoms with Crippen LogP contribution >= 0.6 is 0 Å². The fourth-order valence-corrected chi connectivity index (χ4v) is 2.38. The molecule has 0 fully saturated rings. The number of alkyl halides is 3. The van der Waals surface area contributed by atoms with Crippen molar-refractivity contribution in [3.8, 4) is 17.6 Å². The molecule has 26 heavy (non-hydrogen) atoms. The van der Waals surface area contributed by atoms with Gasteiger partial charge < -0.3 is 4.74 Å². The summed E-state index contributed by atoms with van der Waals surface area (Å²) < 4.78 is 41.5. The van der Waals surface area contributed by atoms with Crippen molar-refractivity contribution >= 4 is 0 Å². The minimum absolute atomic E-state index is 0.0424. The predicted molar refractivity (Wildman–Crippen MR) is 98.3 cm³/mol. The van der Waals surface area contributed by atoms with E-state index in [1.807, 2.05) is 24.3 Å². The molecule has 0 saturated carbocycles. The Kier molecular flexibility index (Phi) is 7.59. The van der Waals surface area contributed by atoms with Gasteiger partial charge in [-0.2, -0.15) is 13.2 Å². The molecule has 2 aromatic rings. The lowest BCUT2D eigenvalue weighted by atomic mass is 10.1. The summed E-state index contributed by atoms with van der Waals surface area (Å²) >= 11 is 0. The summed E-state index contributed by atoms with van der Waals surface area (Å²) in [6.07, 6.45) is -1.53. The smallest absolute Gasteiger partial charge is 0.389 e. The molecule has 0 N–H and O–H groups in total. The second kappa shape index (κ2) is 9.91. The molecule has 0 unspecified atom stereocenters. The molecule has 1 nitrogen and oxygen atoms in total. The van der Waals surface area contributed by atoms with Gasteiger partial charge in [-0.1, -0.05) is 37.3 Å². The van der Waals surface area contributed by atoms with Crippen molar-refractivity contribution in [2.45, 2.75) is 45.2 Å². The Morgan fingerprint density at radius 2 is 1.42 bits per heavy atom. The van der Waals surface area contributed by atoms with E-state index in [1.54, 1.807) is 12.1 Å². The van der Waals surface area contributed by atoms with Crippen molar-refractivity contribution in [1.29, 1.82) is 0 Å². The molecule has 0 aromatic heterocycles. The zero-order valence-corrected chi connectivity index (χ0v) is 14.9. The maximum atomic E-state index is 12.1. The summed E-state index contributed by atoms with van der Waals surface area (Å²) in [5.41, 5.74) is 3.12. The van der Waals surface area contributed by atoms with Crippen LogP contribution in [0.3, 0.4) is 0 Å². The highest BCUT2D eigenvalue weighted by atomic mass is 19.4. The lowest BCUT2D eigenvalue weighted by Gasteiger charge is -2.08. The van der Waals surface area contributed by atoms with Crippen LogP contribution < -0.4 is 4.74 Å². The molecular weight excluding hydrogens is 337 g/mol. The Morgan fingerprint density at radius 3 is 1.96 bits per heavy atom. The van der Waals surface area contributed by atoms with Crippen molar-refractivity contribution in [1.82, 2.24) is 0 Å². The summed E-state index contributed by atoms with van der Waals surface area (Å²) in [4.78, 5) is 0. The Bertz CT molecular complexity index is 719. The number of hydrogen-bond acceptors (Lipinski definition) is 1. The highest BCUT2D eigenvalue weighted by Crippen LogP contribution is 2.21. The summed E-state index contributed by atoms with van der Waals surface area (Å²) in [7, 11) is 0. The minimum Gasteiger partial charge on any atom is -0.494 e. The van der Waals surface area contributed by atoms with Gasteiger partial charge in [0.25, 0.3) is 0 Å². The molecule has 2 aromatic carbocycles. The zero-order valence-electron chi connectivity index (χ0n) is 14.9. The molecule has 0 saturated heterocycles. The minimum atomic E-state index is -4.13. The van der Waals surface area contributed by atoms with Crippen LogP contribution in [-0.4, -0.2) is 12.8 Å². The highest BCUT2D eigenvalue weighted by Gasteiger charge is 2.26. The van der Waals surface area contributed by atoms with Gasteiger partial charge in [-0.3, -0.25) is 0 Å². The second-order valence-corrected chi connectivity index (χ2v) is 6.14. The molecule has 0 aliphatic rings. The van der Waals surface area contributed by atoms with Crippen LogP contribution in [0.25, 0.3) is 0 Å². The molecule has 0 amide bonds. The average molecular weight is 360 g/mol. The third-order valence-corrected chi connectivity index (χ3v) is 3.85. The maximum absolute atomic E-state index is 12.1.